The van der Waals surface area contributed by atoms with Crippen LogP contribution in [0.2, 0.25) is 0 Å². The van der Waals surface area contributed by atoms with Crippen molar-refractivity contribution in [1.29, 1.82) is 0 Å². The standard InChI is InChI=1S/C11H10BrF2N3O4/c12-5-1-7(14)8(2-6(5)13)16-11(21)17(3-9(15)18)4-10(19)20/h1-2H,3-4H2,(H2,15,18)(H,16,21)(H,19,20). The molecule has 114 valence electrons. The summed E-state index contributed by atoms with van der Waals surface area (Å²) in [5.41, 5.74) is 4.38. The molecule has 0 fully saturated rings. The van der Waals surface area contributed by atoms with E-state index in [1.54, 1.807) is 0 Å². The zero-order chi connectivity index (χ0) is 16.2. The predicted octanol–water partition coefficient (Wildman–Crippen LogP) is 1.13. The molecule has 1 rings (SSSR count). The molecule has 0 aromatic heterocycles. The number of carbonyl (C=O) groups excluding carboxylic acids is 2. The minimum atomic E-state index is -1.39. The molecular formula is C11H10BrF2N3O4. The molecule has 0 unspecified atom stereocenters. The number of aliphatic carboxylic acids is 1. The molecule has 3 amide bonds. The molecule has 4 N–H and O–H groups in total. The van der Waals surface area contributed by atoms with Crippen LogP contribution in [0, 0.1) is 11.6 Å². The topological polar surface area (TPSA) is 113 Å². The van der Waals surface area contributed by atoms with E-state index in [2.05, 4.69) is 15.9 Å². The number of nitrogens with one attached hydrogen (secondary N) is 1. The molecule has 1 aromatic rings. The van der Waals surface area contributed by atoms with Crippen LogP contribution in [0.3, 0.4) is 0 Å². The maximum absolute atomic E-state index is 13.5. The normalized spacial score (nSPS) is 10.0. The van der Waals surface area contributed by atoms with Gasteiger partial charge in [-0.2, -0.15) is 0 Å². The summed E-state index contributed by atoms with van der Waals surface area (Å²) in [6.07, 6.45) is 0. The van der Waals surface area contributed by atoms with Gasteiger partial charge in [-0.15, -0.1) is 0 Å². The van der Waals surface area contributed by atoms with E-state index >= 15 is 0 Å². The number of hydrogen-bond donors (Lipinski definition) is 3. The number of urea groups is 1. The zero-order valence-corrected chi connectivity index (χ0v) is 12.0. The lowest BCUT2D eigenvalue weighted by Gasteiger charge is -2.19. The molecular weight excluding hydrogens is 356 g/mol. The summed E-state index contributed by atoms with van der Waals surface area (Å²) in [6.45, 7) is -1.51. The van der Waals surface area contributed by atoms with Gasteiger partial charge < -0.3 is 21.1 Å². The van der Waals surface area contributed by atoms with Crippen LogP contribution < -0.4 is 11.1 Å². The Hall–Kier alpha value is -2.23. The van der Waals surface area contributed by atoms with Crippen molar-refractivity contribution in [3.8, 4) is 0 Å². The summed E-state index contributed by atoms with van der Waals surface area (Å²) in [4.78, 5) is 33.7. The first kappa shape index (κ1) is 16.8. The fraction of sp³-hybridized carbons (Fsp3) is 0.182. The second-order valence-corrected chi connectivity index (χ2v) is 4.75. The first-order chi connectivity index (χ1) is 9.70. The van der Waals surface area contributed by atoms with Crippen molar-refractivity contribution < 1.29 is 28.3 Å². The van der Waals surface area contributed by atoms with Crippen LogP contribution >= 0.6 is 15.9 Å². The molecule has 21 heavy (non-hydrogen) atoms. The molecule has 0 bridgehead atoms. The van der Waals surface area contributed by atoms with Crippen LogP contribution in [-0.4, -0.2) is 41.0 Å². The highest BCUT2D eigenvalue weighted by atomic mass is 79.9. The summed E-state index contributed by atoms with van der Waals surface area (Å²) in [7, 11) is 0. The van der Waals surface area contributed by atoms with Gasteiger partial charge >= 0.3 is 12.0 Å². The van der Waals surface area contributed by atoms with Gasteiger partial charge in [0.1, 0.15) is 24.7 Å². The third kappa shape index (κ3) is 4.99. The molecule has 0 radical (unpaired) electrons. The Balaban J connectivity index is 2.93. The second kappa shape index (κ2) is 6.97. The van der Waals surface area contributed by atoms with E-state index < -0.39 is 48.3 Å². The summed E-state index contributed by atoms with van der Waals surface area (Å²) < 4.78 is 26.7. The van der Waals surface area contributed by atoms with E-state index in [0.717, 1.165) is 6.07 Å². The van der Waals surface area contributed by atoms with E-state index in [-0.39, 0.29) is 4.47 Å². The Morgan fingerprint density at radius 1 is 1.24 bits per heavy atom. The number of primary amides is 1. The number of amides is 3. The number of hydrogen-bond acceptors (Lipinski definition) is 3. The van der Waals surface area contributed by atoms with Gasteiger partial charge in [-0.05, 0) is 22.0 Å². The fourth-order valence-corrected chi connectivity index (χ4v) is 1.68. The highest BCUT2D eigenvalue weighted by Gasteiger charge is 2.20. The largest absolute Gasteiger partial charge is 0.480 e. The average molecular weight is 366 g/mol. The van der Waals surface area contributed by atoms with Crippen LogP contribution in [0.4, 0.5) is 19.3 Å². The van der Waals surface area contributed by atoms with Crippen molar-refractivity contribution in [1.82, 2.24) is 4.90 Å². The first-order valence-electron chi connectivity index (χ1n) is 5.41. The molecule has 0 aliphatic rings. The van der Waals surface area contributed by atoms with Gasteiger partial charge in [0.05, 0.1) is 10.2 Å². The maximum Gasteiger partial charge on any atom is 0.323 e. The van der Waals surface area contributed by atoms with Crippen LogP contribution in [0.1, 0.15) is 0 Å². The molecule has 0 heterocycles. The van der Waals surface area contributed by atoms with Crippen molar-refractivity contribution in [2.45, 2.75) is 0 Å². The Labute approximate surface area is 125 Å². The fourth-order valence-electron chi connectivity index (χ4n) is 1.36. The lowest BCUT2D eigenvalue weighted by molar-refractivity contribution is -0.137. The number of rotatable bonds is 5. The van der Waals surface area contributed by atoms with Crippen molar-refractivity contribution in [3.05, 3.63) is 28.2 Å². The van der Waals surface area contributed by atoms with Crippen molar-refractivity contribution >= 4 is 39.5 Å². The third-order valence-electron chi connectivity index (χ3n) is 2.21. The quantitative estimate of drug-likeness (QED) is 0.678. The Morgan fingerprint density at radius 3 is 2.38 bits per heavy atom. The average Bonchev–Trinajstić information content (AvgIpc) is 2.33. The van der Waals surface area contributed by atoms with Gasteiger partial charge in [-0.3, -0.25) is 9.59 Å². The molecule has 0 aliphatic carbocycles. The molecule has 7 nitrogen and oxygen atoms in total. The van der Waals surface area contributed by atoms with Gasteiger partial charge in [0.2, 0.25) is 5.91 Å². The molecule has 0 saturated heterocycles. The number of halogens is 3. The smallest absolute Gasteiger partial charge is 0.323 e. The predicted molar refractivity (Wildman–Crippen MR) is 71.5 cm³/mol. The number of benzene rings is 1. The van der Waals surface area contributed by atoms with Crippen LogP contribution in [0.25, 0.3) is 0 Å². The van der Waals surface area contributed by atoms with Crippen molar-refractivity contribution in [2.75, 3.05) is 18.4 Å². The van der Waals surface area contributed by atoms with Gasteiger partial charge in [-0.25, -0.2) is 13.6 Å². The Bertz CT molecular complexity index is 581. The number of carbonyl (C=O) groups is 3. The van der Waals surface area contributed by atoms with E-state index in [1.807, 2.05) is 5.32 Å². The minimum absolute atomic E-state index is 0.141. The summed E-state index contributed by atoms with van der Waals surface area (Å²) >= 11 is 2.76. The monoisotopic (exact) mass is 365 g/mol. The van der Waals surface area contributed by atoms with Crippen LogP contribution in [0.15, 0.2) is 16.6 Å². The van der Waals surface area contributed by atoms with Gasteiger partial charge in [0.15, 0.2) is 0 Å². The van der Waals surface area contributed by atoms with E-state index in [9.17, 15) is 23.2 Å². The molecule has 1 aromatic carbocycles. The third-order valence-corrected chi connectivity index (χ3v) is 2.82. The Morgan fingerprint density at radius 2 is 1.86 bits per heavy atom. The summed E-state index contributed by atoms with van der Waals surface area (Å²) in [5, 5.41) is 10.6. The summed E-state index contributed by atoms with van der Waals surface area (Å²) in [5.74, 6) is -4.11. The molecule has 0 atom stereocenters. The Kier molecular flexibility index (Phi) is 5.59. The lowest BCUT2D eigenvalue weighted by Crippen LogP contribution is -2.43. The second-order valence-electron chi connectivity index (χ2n) is 3.89. The highest BCUT2D eigenvalue weighted by molar-refractivity contribution is 9.10. The van der Waals surface area contributed by atoms with Crippen molar-refractivity contribution in [3.63, 3.8) is 0 Å². The minimum Gasteiger partial charge on any atom is -0.480 e. The SMILES string of the molecule is NC(=O)CN(CC(=O)O)C(=O)Nc1cc(F)c(Br)cc1F. The zero-order valence-electron chi connectivity index (χ0n) is 10.4. The van der Waals surface area contributed by atoms with Crippen LogP contribution in [-0.2, 0) is 9.59 Å². The summed E-state index contributed by atoms with van der Waals surface area (Å²) in [6, 6.07) is 0.401. The van der Waals surface area contributed by atoms with Gasteiger partial charge in [0, 0.05) is 6.07 Å². The number of carboxylic acid groups (broad SMARTS) is 1. The van der Waals surface area contributed by atoms with Crippen molar-refractivity contribution in [2.24, 2.45) is 5.73 Å². The van der Waals surface area contributed by atoms with E-state index in [4.69, 9.17) is 10.8 Å². The highest BCUT2D eigenvalue weighted by Crippen LogP contribution is 2.23. The number of nitrogens with zero attached hydrogens (tertiary/aromatic N) is 1. The number of carboxylic acids is 1. The molecule has 0 spiro atoms. The van der Waals surface area contributed by atoms with E-state index in [0.29, 0.717) is 11.0 Å². The molecule has 10 heteroatoms. The maximum atomic E-state index is 13.5. The van der Waals surface area contributed by atoms with Crippen LogP contribution in [0.5, 0.6) is 0 Å². The first-order valence-corrected chi connectivity index (χ1v) is 6.20. The molecule has 0 aliphatic heterocycles. The number of nitrogens with two attached hydrogens (primary N) is 1. The van der Waals surface area contributed by atoms with Gasteiger partial charge in [-0.1, -0.05) is 0 Å². The van der Waals surface area contributed by atoms with Gasteiger partial charge in [0.25, 0.3) is 0 Å². The lowest BCUT2D eigenvalue weighted by atomic mass is 10.3. The number of anilines is 1. The van der Waals surface area contributed by atoms with E-state index in [1.165, 1.54) is 0 Å². The molecule has 0 saturated carbocycles.